The third-order valence-corrected chi connectivity index (χ3v) is 9.64. The van der Waals surface area contributed by atoms with Crippen molar-refractivity contribution >= 4 is 22.5 Å². The highest BCUT2D eigenvalue weighted by Gasteiger charge is 2.49. The van der Waals surface area contributed by atoms with E-state index in [9.17, 15) is 22.8 Å². The Hall–Kier alpha value is -3.90. The number of nitrogen functional groups attached to an aromatic ring is 1. The van der Waals surface area contributed by atoms with E-state index in [-0.39, 0.29) is 48.9 Å². The van der Waals surface area contributed by atoms with Crippen LogP contribution in [0.5, 0.6) is 6.01 Å². The molecule has 3 aromatic rings. The number of nitrogens with zero attached hydrogens (tertiary/aromatic N) is 6. The van der Waals surface area contributed by atoms with Crippen LogP contribution in [-0.4, -0.2) is 76.4 Å². The number of alkyl halides is 4. The smallest absolute Gasteiger partial charge is 0.418 e. The number of pyridine rings is 1. The second-order valence-electron chi connectivity index (χ2n) is 12.5. The fraction of sp³-hybridized carbons (Fsp3) is 0.533. The second kappa shape index (κ2) is 10.6. The molecule has 238 valence electrons. The number of nitrogens with two attached hydrogens (primary N) is 1. The first kappa shape index (κ1) is 29.8. The minimum absolute atomic E-state index is 0.0255. The number of aromatic nitrogens is 3. The van der Waals surface area contributed by atoms with E-state index in [1.54, 1.807) is 6.07 Å². The molecule has 7 rings (SSSR count). The van der Waals surface area contributed by atoms with Gasteiger partial charge in [-0.2, -0.15) is 28.4 Å². The summed E-state index contributed by atoms with van der Waals surface area (Å²) >= 11 is 0. The SMILES string of the molecule is Cc1nc(N)c(C#N)c(-c2c(F)cc3c(N4C[C@H]5CC[C@@H](C4)N5)nc(OC[C@@]45CCCN4C[C@H](F)C5)nc3c2F)c1C(F)(F)F. The van der Waals surface area contributed by atoms with Gasteiger partial charge in [0.05, 0.1) is 22.4 Å². The van der Waals surface area contributed by atoms with Gasteiger partial charge in [-0.15, -0.1) is 0 Å². The van der Waals surface area contributed by atoms with Crippen LogP contribution in [0.4, 0.5) is 38.0 Å². The summed E-state index contributed by atoms with van der Waals surface area (Å²) in [5.74, 6) is -3.18. The maximum atomic E-state index is 16.7. The number of piperazine rings is 1. The number of rotatable bonds is 5. The minimum atomic E-state index is -5.12. The van der Waals surface area contributed by atoms with Gasteiger partial charge in [0, 0.05) is 49.1 Å². The Morgan fingerprint density at radius 1 is 1.13 bits per heavy atom. The predicted molar refractivity (Wildman–Crippen MR) is 152 cm³/mol. The molecule has 45 heavy (non-hydrogen) atoms. The topological polar surface area (TPSA) is 116 Å². The molecule has 4 atom stereocenters. The van der Waals surface area contributed by atoms with E-state index in [0.717, 1.165) is 32.3 Å². The zero-order valence-corrected chi connectivity index (χ0v) is 24.3. The van der Waals surface area contributed by atoms with Crippen LogP contribution in [-0.2, 0) is 6.18 Å². The van der Waals surface area contributed by atoms with Crippen LogP contribution in [0.2, 0.25) is 0 Å². The third kappa shape index (κ3) is 4.89. The Balaban J connectivity index is 1.41. The lowest BCUT2D eigenvalue weighted by molar-refractivity contribution is -0.137. The van der Waals surface area contributed by atoms with Gasteiger partial charge in [0.15, 0.2) is 5.82 Å². The molecule has 9 nitrogen and oxygen atoms in total. The van der Waals surface area contributed by atoms with Gasteiger partial charge in [-0.3, -0.25) is 4.90 Å². The fourth-order valence-corrected chi connectivity index (χ4v) is 7.75. The molecule has 1 aromatic carbocycles. The van der Waals surface area contributed by atoms with Crippen molar-refractivity contribution < 1.29 is 31.1 Å². The zero-order valence-electron chi connectivity index (χ0n) is 24.3. The molecule has 0 spiro atoms. The number of halogens is 6. The van der Waals surface area contributed by atoms with Gasteiger partial charge >= 0.3 is 12.2 Å². The Morgan fingerprint density at radius 3 is 2.56 bits per heavy atom. The summed E-state index contributed by atoms with van der Waals surface area (Å²) < 4.78 is 96.1. The summed E-state index contributed by atoms with van der Waals surface area (Å²) in [5, 5.41) is 13.2. The summed E-state index contributed by atoms with van der Waals surface area (Å²) in [6.45, 7) is 2.98. The molecular formula is C30H30F6N8O. The lowest BCUT2D eigenvalue weighted by Crippen LogP contribution is -2.51. The van der Waals surface area contributed by atoms with Gasteiger partial charge in [-0.05, 0) is 45.2 Å². The van der Waals surface area contributed by atoms with Crippen LogP contribution in [0.1, 0.15) is 48.9 Å². The molecule has 2 aromatic heterocycles. The third-order valence-electron chi connectivity index (χ3n) is 9.64. The van der Waals surface area contributed by atoms with E-state index < -0.39 is 68.8 Å². The largest absolute Gasteiger partial charge is 0.461 e. The quantitative estimate of drug-likeness (QED) is 0.388. The Kier molecular flexibility index (Phi) is 7.01. The molecule has 0 saturated carbocycles. The molecule has 0 aliphatic carbocycles. The number of nitrogens with one attached hydrogen (secondary N) is 1. The molecule has 0 amide bonds. The van der Waals surface area contributed by atoms with Crippen molar-refractivity contribution in [1.29, 1.82) is 5.26 Å². The van der Waals surface area contributed by atoms with E-state index in [0.29, 0.717) is 26.1 Å². The number of fused-ring (bicyclic) bond motifs is 4. The maximum absolute atomic E-state index is 16.7. The molecular weight excluding hydrogens is 602 g/mol. The summed E-state index contributed by atoms with van der Waals surface area (Å²) in [5.41, 5.74) is -0.330. The summed E-state index contributed by atoms with van der Waals surface area (Å²) in [7, 11) is 0. The van der Waals surface area contributed by atoms with Crippen LogP contribution >= 0.6 is 0 Å². The molecule has 0 unspecified atom stereocenters. The summed E-state index contributed by atoms with van der Waals surface area (Å²) in [6, 6.07) is 2.42. The first-order valence-electron chi connectivity index (χ1n) is 14.9. The van der Waals surface area contributed by atoms with Crippen molar-refractivity contribution in [3.8, 4) is 23.2 Å². The highest BCUT2D eigenvalue weighted by Crippen LogP contribution is 2.46. The average molecular weight is 633 g/mol. The van der Waals surface area contributed by atoms with E-state index in [2.05, 4.69) is 20.3 Å². The van der Waals surface area contributed by atoms with Gasteiger partial charge in [-0.1, -0.05) is 0 Å². The van der Waals surface area contributed by atoms with Crippen LogP contribution in [0.25, 0.3) is 22.0 Å². The van der Waals surface area contributed by atoms with Gasteiger partial charge in [0.1, 0.15) is 47.4 Å². The standard InChI is InChI=1S/C30H30F6N8O/c1-14-23(30(34,35)36)21(19(9-37)26(38)39-14)22-20(32)7-18-25(24(22)33)41-28(42-27(18)43-11-16-3-4-17(12-43)40-16)45-13-29-5-2-6-44(29)10-15(31)8-29/h7,15-17,40H,2-6,8,10-13H2,1H3,(H2,38,39)/t15-,16-,17+,29+/m1/s1. The monoisotopic (exact) mass is 632 g/mol. The van der Waals surface area contributed by atoms with Crippen molar-refractivity contribution in [2.75, 3.05) is 43.4 Å². The number of hydrogen-bond acceptors (Lipinski definition) is 9. The average Bonchev–Trinajstić information content (AvgIpc) is 3.61. The van der Waals surface area contributed by atoms with E-state index >= 15 is 8.78 Å². The maximum Gasteiger partial charge on any atom is 0.418 e. The van der Waals surface area contributed by atoms with E-state index in [1.807, 2.05) is 9.80 Å². The molecule has 6 heterocycles. The van der Waals surface area contributed by atoms with Crippen molar-refractivity contribution in [3.63, 3.8) is 0 Å². The van der Waals surface area contributed by atoms with Crippen LogP contribution in [0.3, 0.4) is 0 Å². The van der Waals surface area contributed by atoms with Gasteiger partial charge < -0.3 is 20.7 Å². The number of nitriles is 1. The molecule has 3 N–H and O–H groups in total. The minimum Gasteiger partial charge on any atom is -0.461 e. The van der Waals surface area contributed by atoms with Crippen molar-refractivity contribution in [1.82, 2.24) is 25.2 Å². The molecule has 4 aliphatic rings. The van der Waals surface area contributed by atoms with Crippen molar-refractivity contribution in [2.24, 2.45) is 0 Å². The van der Waals surface area contributed by atoms with Gasteiger partial charge in [0.25, 0.3) is 0 Å². The number of aryl methyl sites for hydroxylation is 1. The molecule has 4 saturated heterocycles. The normalized spacial score (nSPS) is 26.4. The lowest BCUT2D eigenvalue weighted by atomic mass is 9.92. The molecule has 0 radical (unpaired) electrons. The van der Waals surface area contributed by atoms with Crippen molar-refractivity contribution in [3.05, 3.63) is 34.5 Å². The van der Waals surface area contributed by atoms with Gasteiger partial charge in [-0.25, -0.2) is 18.2 Å². The number of ether oxygens (including phenoxy) is 1. The summed E-state index contributed by atoms with van der Waals surface area (Å²) in [6.07, 6.45) is -2.51. The fourth-order valence-electron chi connectivity index (χ4n) is 7.75. The Labute approximate surface area is 254 Å². The number of anilines is 2. The molecule has 4 aliphatic heterocycles. The zero-order chi connectivity index (χ0) is 31.8. The Bertz CT molecular complexity index is 1730. The number of benzene rings is 1. The number of hydrogen-bond donors (Lipinski definition) is 2. The van der Waals surface area contributed by atoms with E-state index in [1.165, 1.54) is 0 Å². The van der Waals surface area contributed by atoms with Gasteiger partial charge in [0.2, 0.25) is 0 Å². The highest BCUT2D eigenvalue weighted by atomic mass is 19.4. The highest BCUT2D eigenvalue weighted by molar-refractivity contribution is 5.95. The molecule has 2 bridgehead atoms. The predicted octanol–water partition coefficient (Wildman–Crippen LogP) is 4.65. The second-order valence-corrected chi connectivity index (χ2v) is 12.5. The first-order valence-corrected chi connectivity index (χ1v) is 14.9. The molecule has 4 fully saturated rings. The molecule has 15 heteroatoms. The van der Waals surface area contributed by atoms with Crippen molar-refractivity contribution in [2.45, 2.75) is 69.0 Å². The van der Waals surface area contributed by atoms with Crippen LogP contribution in [0.15, 0.2) is 6.07 Å². The first-order chi connectivity index (χ1) is 21.4. The lowest BCUT2D eigenvalue weighted by Gasteiger charge is -2.34. The van der Waals surface area contributed by atoms with Crippen LogP contribution in [0, 0.1) is 29.9 Å². The summed E-state index contributed by atoms with van der Waals surface area (Å²) in [4.78, 5) is 16.3. The Morgan fingerprint density at radius 2 is 1.87 bits per heavy atom. The van der Waals surface area contributed by atoms with E-state index in [4.69, 9.17) is 10.5 Å². The van der Waals surface area contributed by atoms with Crippen LogP contribution < -0.4 is 20.7 Å².